The van der Waals surface area contributed by atoms with E-state index in [1.54, 1.807) is 31.2 Å². The van der Waals surface area contributed by atoms with Gasteiger partial charge in [0.05, 0.1) is 0 Å². The topological polar surface area (TPSA) is 85.9 Å². The lowest BCUT2D eigenvalue weighted by Gasteiger charge is -2.15. The summed E-state index contributed by atoms with van der Waals surface area (Å²) in [6.45, 7) is 1.73. The van der Waals surface area contributed by atoms with Crippen molar-refractivity contribution in [2.45, 2.75) is 13.0 Å². The Morgan fingerprint density at radius 3 is 2.57 bits per heavy atom. The number of hydrazine groups is 1. The highest BCUT2D eigenvalue weighted by Gasteiger charge is 2.18. The maximum Gasteiger partial charge on any atom is 0.279 e. The number of benzene rings is 3. The van der Waals surface area contributed by atoms with Crippen LogP contribution in [0.4, 0.5) is 0 Å². The molecule has 1 aliphatic rings. The maximum atomic E-state index is 12.2. The van der Waals surface area contributed by atoms with Crippen LogP contribution in [0.2, 0.25) is 0 Å². The molecule has 142 valence electrons. The molecule has 4 rings (SSSR count). The highest BCUT2D eigenvalue weighted by Crippen LogP contribution is 2.32. The quantitative estimate of drug-likeness (QED) is 0.682. The number of carbonyl (C=O) groups excluding carboxylic acids is 2. The predicted molar refractivity (Wildman–Crippen MR) is 102 cm³/mol. The van der Waals surface area contributed by atoms with Crippen molar-refractivity contribution in [1.82, 2.24) is 10.9 Å². The number of nitrogens with one attached hydrogen (secondary N) is 2. The van der Waals surface area contributed by atoms with Gasteiger partial charge in [-0.2, -0.15) is 0 Å². The Morgan fingerprint density at radius 1 is 0.929 bits per heavy atom. The summed E-state index contributed by atoms with van der Waals surface area (Å²) in [7, 11) is 0. The van der Waals surface area contributed by atoms with Crippen LogP contribution in [0.5, 0.6) is 17.2 Å². The Hall–Kier alpha value is -3.74. The summed E-state index contributed by atoms with van der Waals surface area (Å²) in [6.07, 6.45) is -0.793. The summed E-state index contributed by atoms with van der Waals surface area (Å²) in [5.41, 5.74) is 5.08. The van der Waals surface area contributed by atoms with Crippen LogP contribution in [-0.2, 0) is 4.79 Å². The van der Waals surface area contributed by atoms with Gasteiger partial charge in [-0.25, -0.2) is 0 Å². The summed E-state index contributed by atoms with van der Waals surface area (Å²) >= 11 is 0. The van der Waals surface area contributed by atoms with Gasteiger partial charge in [0.25, 0.3) is 11.8 Å². The van der Waals surface area contributed by atoms with Crippen LogP contribution < -0.4 is 25.1 Å². The van der Waals surface area contributed by atoms with E-state index in [1.807, 2.05) is 36.4 Å². The average Bonchev–Trinajstić information content (AvgIpc) is 3.19. The zero-order chi connectivity index (χ0) is 19.5. The zero-order valence-corrected chi connectivity index (χ0v) is 15.1. The van der Waals surface area contributed by atoms with E-state index in [4.69, 9.17) is 14.2 Å². The third kappa shape index (κ3) is 3.68. The van der Waals surface area contributed by atoms with Gasteiger partial charge in [0, 0.05) is 5.56 Å². The molecule has 7 heteroatoms. The highest BCUT2D eigenvalue weighted by atomic mass is 16.7. The normalized spacial score (nSPS) is 13.0. The van der Waals surface area contributed by atoms with E-state index in [2.05, 4.69) is 10.9 Å². The minimum Gasteiger partial charge on any atom is -0.481 e. The molecule has 0 fully saturated rings. The molecule has 2 N–H and O–H groups in total. The molecule has 28 heavy (non-hydrogen) atoms. The fourth-order valence-corrected chi connectivity index (χ4v) is 2.83. The Labute approximate surface area is 161 Å². The molecule has 0 spiro atoms. The summed E-state index contributed by atoms with van der Waals surface area (Å²) in [5.74, 6) is 0.709. The molecule has 1 heterocycles. The fraction of sp³-hybridized carbons (Fsp3) is 0.143. The molecule has 0 saturated carbocycles. The number of rotatable bonds is 4. The summed E-state index contributed by atoms with van der Waals surface area (Å²) < 4.78 is 16.1. The van der Waals surface area contributed by atoms with Crippen molar-refractivity contribution in [2.75, 3.05) is 6.79 Å². The molecule has 0 bridgehead atoms. The van der Waals surface area contributed by atoms with E-state index in [9.17, 15) is 9.59 Å². The van der Waals surface area contributed by atoms with Crippen LogP contribution in [0.3, 0.4) is 0 Å². The number of fused-ring (bicyclic) bond motifs is 2. The van der Waals surface area contributed by atoms with Crippen molar-refractivity contribution in [1.29, 1.82) is 0 Å². The molecule has 3 aromatic rings. The standard InChI is InChI=1S/C21H18N2O5/c1-13(28-17-8-6-14-4-2-3-5-15(14)10-17)20(24)22-23-21(25)16-7-9-18-19(11-16)27-12-26-18/h2-11,13H,12H2,1H3,(H,22,24)(H,23,25). The van der Waals surface area contributed by atoms with E-state index in [0.29, 0.717) is 22.8 Å². The molecule has 0 radical (unpaired) electrons. The van der Waals surface area contributed by atoms with Gasteiger partial charge in [-0.15, -0.1) is 0 Å². The van der Waals surface area contributed by atoms with Gasteiger partial charge < -0.3 is 14.2 Å². The van der Waals surface area contributed by atoms with Gasteiger partial charge in [-0.1, -0.05) is 30.3 Å². The van der Waals surface area contributed by atoms with Gasteiger partial charge in [-0.05, 0) is 48.0 Å². The van der Waals surface area contributed by atoms with E-state index in [1.165, 1.54) is 0 Å². The van der Waals surface area contributed by atoms with Crippen LogP contribution in [0, 0.1) is 0 Å². The summed E-state index contributed by atoms with van der Waals surface area (Å²) in [4.78, 5) is 24.5. The molecule has 1 atom stereocenters. The first-order chi connectivity index (χ1) is 13.6. The van der Waals surface area contributed by atoms with Crippen molar-refractivity contribution in [3.05, 3.63) is 66.2 Å². The lowest BCUT2D eigenvalue weighted by molar-refractivity contribution is -0.128. The lowest BCUT2D eigenvalue weighted by atomic mass is 10.1. The van der Waals surface area contributed by atoms with Crippen LogP contribution >= 0.6 is 0 Å². The Kier molecular flexibility index (Phi) is 4.72. The smallest absolute Gasteiger partial charge is 0.279 e. The second kappa shape index (κ2) is 7.48. The monoisotopic (exact) mass is 378 g/mol. The van der Waals surface area contributed by atoms with Crippen molar-refractivity contribution in [3.63, 3.8) is 0 Å². The number of carbonyl (C=O) groups is 2. The SMILES string of the molecule is CC(Oc1ccc2ccccc2c1)C(=O)NNC(=O)c1ccc2c(c1)OCO2. The first-order valence-electron chi connectivity index (χ1n) is 8.75. The molecule has 0 aromatic heterocycles. The first kappa shape index (κ1) is 17.7. The Bertz CT molecular complexity index is 1050. The predicted octanol–water partition coefficient (Wildman–Crippen LogP) is 2.80. The molecule has 3 aromatic carbocycles. The zero-order valence-electron chi connectivity index (χ0n) is 15.1. The molecule has 7 nitrogen and oxygen atoms in total. The first-order valence-corrected chi connectivity index (χ1v) is 8.75. The second-order valence-corrected chi connectivity index (χ2v) is 6.28. The van der Waals surface area contributed by atoms with Gasteiger partial charge in [-0.3, -0.25) is 20.4 Å². The molecule has 2 amide bonds. The van der Waals surface area contributed by atoms with Gasteiger partial charge in [0.1, 0.15) is 5.75 Å². The van der Waals surface area contributed by atoms with Crippen molar-refractivity contribution in [3.8, 4) is 17.2 Å². The fourth-order valence-electron chi connectivity index (χ4n) is 2.83. The lowest BCUT2D eigenvalue weighted by Crippen LogP contribution is -2.47. The van der Waals surface area contributed by atoms with Crippen LogP contribution in [0.1, 0.15) is 17.3 Å². The second-order valence-electron chi connectivity index (χ2n) is 6.28. The van der Waals surface area contributed by atoms with Crippen molar-refractivity contribution in [2.24, 2.45) is 0 Å². The van der Waals surface area contributed by atoms with E-state index in [0.717, 1.165) is 10.8 Å². The van der Waals surface area contributed by atoms with Gasteiger partial charge in [0.2, 0.25) is 6.79 Å². The van der Waals surface area contributed by atoms with E-state index in [-0.39, 0.29) is 6.79 Å². The van der Waals surface area contributed by atoms with Crippen LogP contribution in [0.25, 0.3) is 10.8 Å². The molecular formula is C21H18N2O5. The minimum absolute atomic E-state index is 0.126. The summed E-state index contributed by atoms with van der Waals surface area (Å²) in [6, 6.07) is 18.3. The Morgan fingerprint density at radius 2 is 1.71 bits per heavy atom. The third-order valence-electron chi connectivity index (χ3n) is 4.34. The number of hydrogen-bond acceptors (Lipinski definition) is 5. The van der Waals surface area contributed by atoms with Crippen LogP contribution in [0.15, 0.2) is 60.7 Å². The maximum absolute atomic E-state index is 12.2. The minimum atomic E-state index is -0.793. The van der Waals surface area contributed by atoms with Crippen molar-refractivity contribution < 1.29 is 23.8 Å². The molecule has 0 aliphatic carbocycles. The third-order valence-corrected chi connectivity index (χ3v) is 4.34. The van der Waals surface area contributed by atoms with Crippen LogP contribution in [-0.4, -0.2) is 24.7 Å². The molecule has 0 saturated heterocycles. The number of amides is 2. The number of hydrogen-bond donors (Lipinski definition) is 2. The van der Waals surface area contributed by atoms with Gasteiger partial charge >= 0.3 is 0 Å². The molecule has 1 aliphatic heterocycles. The Balaban J connectivity index is 1.34. The van der Waals surface area contributed by atoms with E-state index >= 15 is 0 Å². The largest absolute Gasteiger partial charge is 0.481 e. The summed E-state index contributed by atoms with van der Waals surface area (Å²) in [5, 5.41) is 2.10. The number of ether oxygens (including phenoxy) is 3. The average molecular weight is 378 g/mol. The van der Waals surface area contributed by atoms with Gasteiger partial charge in [0.15, 0.2) is 17.6 Å². The van der Waals surface area contributed by atoms with E-state index < -0.39 is 17.9 Å². The van der Waals surface area contributed by atoms with Crippen molar-refractivity contribution >= 4 is 22.6 Å². The molecule has 1 unspecified atom stereocenters. The highest BCUT2D eigenvalue weighted by molar-refractivity contribution is 5.96. The molecular weight excluding hydrogens is 360 g/mol.